The van der Waals surface area contributed by atoms with Crippen LogP contribution in [0.3, 0.4) is 0 Å². The summed E-state index contributed by atoms with van der Waals surface area (Å²) in [5, 5.41) is 2.97. The third kappa shape index (κ3) is 5.03. The molecule has 0 bridgehead atoms. The summed E-state index contributed by atoms with van der Waals surface area (Å²) in [6.45, 7) is 8.54. The van der Waals surface area contributed by atoms with Crippen molar-refractivity contribution in [3.63, 3.8) is 0 Å². The van der Waals surface area contributed by atoms with E-state index in [4.69, 9.17) is 5.73 Å². The lowest BCUT2D eigenvalue weighted by atomic mass is 9.84. The van der Waals surface area contributed by atoms with E-state index >= 15 is 0 Å². The Balaban J connectivity index is 2.84. The molecule has 2 atom stereocenters. The lowest BCUT2D eigenvalue weighted by Gasteiger charge is -2.25. The third-order valence-corrected chi connectivity index (χ3v) is 3.37. The van der Waals surface area contributed by atoms with Crippen molar-refractivity contribution >= 4 is 5.91 Å². The van der Waals surface area contributed by atoms with Gasteiger partial charge in [-0.1, -0.05) is 50.6 Å². The Hall–Kier alpha value is -1.35. The van der Waals surface area contributed by atoms with E-state index in [0.29, 0.717) is 12.5 Å². The van der Waals surface area contributed by atoms with Gasteiger partial charge in [0.2, 0.25) is 5.91 Å². The largest absolute Gasteiger partial charge is 0.354 e. The Bertz CT molecular complexity index is 395. The maximum absolute atomic E-state index is 12.4. The summed E-state index contributed by atoms with van der Waals surface area (Å²) in [5.41, 5.74) is 6.61. The predicted molar refractivity (Wildman–Crippen MR) is 79.9 cm³/mol. The molecular formula is C16H26N2O. The number of hydrogen-bond acceptors (Lipinski definition) is 2. The molecule has 3 heteroatoms. The fourth-order valence-corrected chi connectivity index (χ4v) is 2.06. The molecule has 1 aromatic carbocycles. The average molecular weight is 262 g/mol. The molecule has 0 aliphatic rings. The Labute approximate surface area is 116 Å². The minimum atomic E-state index is -0.383. The van der Waals surface area contributed by atoms with Crippen molar-refractivity contribution in [3.8, 4) is 0 Å². The van der Waals surface area contributed by atoms with Crippen molar-refractivity contribution < 1.29 is 4.79 Å². The number of carbonyl (C=O) groups excluding carboxylic acids is 1. The van der Waals surface area contributed by atoms with Crippen molar-refractivity contribution in [2.75, 3.05) is 6.54 Å². The van der Waals surface area contributed by atoms with Gasteiger partial charge >= 0.3 is 0 Å². The molecule has 3 nitrogen and oxygen atoms in total. The molecule has 0 radical (unpaired) electrons. The topological polar surface area (TPSA) is 55.1 Å². The molecule has 0 saturated heterocycles. The number of carbonyl (C=O) groups is 1. The van der Waals surface area contributed by atoms with Gasteiger partial charge < -0.3 is 11.1 Å². The van der Waals surface area contributed by atoms with Crippen molar-refractivity contribution in [2.45, 2.75) is 45.6 Å². The van der Waals surface area contributed by atoms with Crippen LogP contribution in [0.15, 0.2) is 30.3 Å². The minimum absolute atomic E-state index is 0.0686. The summed E-state index contributed by atoms with van der Waals surface area (Å²) in [6, 6.07) is 9.96. The molecule has 0 aliphatic carbocycles. The monoisotopic (exact) mass is 262 g/mol. The third-order valence-electron chi connectivity index (χ3n) is 3.37. The van der Waals surface area contributed by atoms with Crippen molar-refractivity contribution in [3.05, 3.63) is 35.9 Å². The van der Waals surface area contributed by atoms with Crippen LogP contribution in [0.1, 0.15) is 45.6 Å². The van der Waals surface area contributed by atoms with Gasteiger partial charge in [-0.3, -0.25) is 4.79 Å². The van der Waals surface area contributed by atoms with Crippen LogP contribution in [0.25, 0.3) is 0 Å². The second kappa shape index (κ2) is 6.71. The Kier molecular flexibility index (Phi) is 5.55. The Morgan fingerprint density at radius 1 is 1.32 bits per heavy atom. The Morgan fingerprint density at radius 2 is 1.89 bits per heavy atom. The minimum Gasteiger partial charge on any atom is -0.354 e. The number of hydrogen-bond donors (Lipinski definition) is 2. The normalized spacial score (nSPS) is 14.8. The van der Waals surface area contributed by atoms with Crippen LogP contribution in [-0.2, 0) is 4.79 Å². The predicted octanol–water partition coefficient (Wildman–Crippen LogP) is 2.67. The van der Waals surface area contributed by atoms with E-state index in [9.17, 15) is 4.79 Å². The van der Waals surface area contributed by atoms with Gasteiger partial charge in [-0.15, -0.1) is 0 Å². The molecule has 0 spiro atoms. The van der Waals surface area contributed by atoms with Gasteiger partial charge in [-0.2, -0.15) is 0 Å². The first kappa shape index (κ1) is 15.7. The summed E-state index contributed by atoms with van der Waals surface area (Å²) < 4.78 is 0. The number of nitrogens with two attached hydrogens (primary N) is 1. The van der Waals surface area contributed by atoms with Crippen LogP contribution in [0.4, 0.5) is 0 Å². The van der Waals surface area contributed by atoms with E-state index in [0.717, 1.165) is 12.0 Å². The van der Waals surface area contributed by atoms with Gasteiger partial charge in [0.15, 0.2) is 0 Å². The summed E-state index contributed by atoms with van der Waals surface area (Å²) in [6.07, 6.45) is 0.971. The molecule has 19 heavy (non-hydrogen) atoms. The number of nitrogens with one attached hydrogen (secondary N) is 1. The zero-order valence-electron chi connectivity index (χ0n) is 12.4. The van der Waals surface area contributed by atoms with Gasteiger partial charge in [-0.05, 0) is 25.3 Å². The molecule has 0 fully saturated rings. The van der Waals surface area contributed by atoms with E-state index in [2.05, 4.69) is 19.2 Å². The summed E-state index contributed by atoms with van der Waals surface area (Å²) >= 11 is 0. The molecule has 106 valence electrons. The van der Waals surface area contributed by atoms with Crippen LogP contribution in [0.5, 0.6) is 0 Å². The van der Waals surface area contributed by atoms with Gasteiger partial charge in [0.05, 0.1) is 5.92 Å². The average Bonchev–Trinajstić information content (AvgIpc) is 2.37. The molecule has 1 amide bonds. The molecule has 0 aromatic heterocycles. The maximum atomic E-state index is 12.4. The quantitative estimate of drug-likeness (QED) is 0.828. The standard InChI is InChI=1S/C16H26N2O/c1-5-12(2)14(13-9-7-6-8-10-13)15(19)18-11-16(3,4)17/h6-10,12,14H,5,11,17H2,1-4H3,(H,18,19). The SMILES string of the molecule is CCC(C)C(C(=O)NCC(C)(C)N)c1ccccc1. The van der Waals surface area contributed by atoms with Crippen LogP contribution < -0.4 is 11.1 Å². The Morgan fingerprint density at radius 3 is 2.37 bits per heavy atom. The van der Waals surface area contributed by atoms with Gasteiger partial charge in [0, 0.05) is 12.1 Å². The molecule has 0 saturated carbocycles. The number of rotatable bonds is 6. The fourth-order valence-electron chi connectivity index (χ4n) is 2.06. The second-order valence-electron chi connectivity index (χ2n) is 5.98. The van der Waals surface area contributed by atoms with Crippen molar-refractivity contribution in [1.82, 2.24) is 5.32 Å². The summed E-state index contributed by atoms with van der Waals surface area (Å²) in [4.78, 5) is 12.4. The van der Waals surface area contributed by atoms with E-state index in [1.807, 2.05) is 44.2 Å². The van der Waals surface area contributed by atoms with E-state index in [-0.39, 0.29) is 17.4 Å². The molecule has 2 unspecified atom stereocenters. The van der Waals surface area contributed by atoms with E-state index in [1.165, 1.54) is 0 Å². The number of benzene rings is 1. The smallest absolute Gasteiger partial charge is 0.227 e. The van der Waals surface area contributed by atoms with Crippen molar-refractivity contribution in [1.29, 1.82) is 0 Å². The summed E-state index contributed by atoms with van der Waals surface area (Å²) in [7, 11) is 0. The van der Waals surface area contributed by atoms with E-state index in [1.54, 1.807) is 0 Å². The highest BCUT2D eigenvalue weighted by Crippen LogP contribution is 2.27. The number of amides is 1. The first-order valence-electron chi connectivity index (χ1n) is 6.96. The molecule has 1 rings (SSSR count). The lowest BCUT2D eigenvalue weighted by Crippen LogP contribution is -2.46. The van der Waals surface area contributed by atoms with Crippen LogP contribution >= 0.6 is 0 Å². The molecular weight excluding hydrogens is 236 g/mol. The van der Waals surface area contributed by atoms with Crippen molar-refractivity contribution in [2.24, 2.45) is 11.7 Å². The van der Waals surface area contributed by atoms with Crippen LogP contribution in [0, 0.1) is 5.92 Å². The highest BCUT2D eigenvalue weighted by atomic mass is 16.1. The molecule has 1 aromatic rings. The molecule has 0 heterocycles. The zero-order valence-corrected chi connectivity index (χ0v) is 12.4. The lowest BCUT2D eigenvalue weighted by molar-refractivity contribution is -0.123. The molecule has 0 aliphatic heterocycles. The highest BCUT2D eigenvalue weighted by Gasteiger charge is 2.26. The maximum Gasteiger partial charge on any atom is 0.227 e. The first-order valence-corrected chi connectivity index (χ1v) is 6.96. The zero-order chi connectivity index (χ0) is 14.5. The second-order valence-corrected chi connectivity index (χ2v) is 5.98. The fraction of sp³-hybridized carbons (Fsp3) is 0.562. The first-order chi connectivity index (χ1) is 8.85. The highest BCUT2D eigenvalue weighted by molar-refractivity contribution is 5.84. The van der Waals surface area contributed by atoms with Crippen LogP contribution in [-0.4, -0.2) is 18.0 Å². The van der Waals surface area contributed by atoms with E-state index < -0.39 is 0 Å². The molecule has 3 N–H and O–H groups in total. The summed E-state index contributed by atoms with van der Waals surface area (Å²) in [5.74, 6) is 0.274. The van der Waals surface area contributed by atoms with Crippen LogP contribution in [0.2, 0.25) is 0 Å². The van der Waals surface area contributed by atoms with Gasteiger partial charge in [-0.25, -0.2) is 0 Å². The van der Waals surface area contributed by atoms with Gasteiger partial charge in [0.1, 0.15) is 0 Å². The van der Waals surface area contributed by atoms with Gasteiger partial charge in [0.25, 0.3) is 0 Å².